The lowest BCUT2D eigenvalue weighted by atomic mass is 10.0. The molecule has 1 aromatic heterocycles. The number of carbonyl (C=O) groups excluding carboxylic acids is 3. The van der Waals surface area contributed by atoms with Gasteiger partial charge in [0.05, 0.1) is 6.54 Å². The smallest absolute Gasteiger partial charge is 0.331 e. The van der Waals surface area contributed by atoms with Gasteiger partial charge in [0.25, 0.3) is 0 Å². The van der Waals surface area contributed by atoms with Crippen molar-refractivity contribution >= 4 is 29.4 Å². The van der Waals surface area contributed by atoms with Gasteiger partial charge in [0.15, 0.2) is 0 Å². The van der Waals surface area contributed by atoms with Gasteiger partial charge in [0.2, 0.25) is 5.91 Å². The number of imide groups is 1. The van der Waals surface area contributed by atoms with Crippen LogP contribution in [0.15, 0.2) is 78.3 Å². The van der Waals surface area contributed by atoms with Gasteiger partial charge in [-0.2, -0.15) is 0 Å². The third-order valence-corrected chi connectivity index (χ3v) is 5.28. The first-order chi connectivity index (χ1) is 18.1. The highest BCUT2D eigenvalue weighted by atomic mass is 19.1. The van der Waals surface area contributed by atoms with Gasteiger partial charge in [0.1, 0.15) is 28.7 Å². The Morgan fingerprint density at radius 1 is 1.08 bits per heavy atom. The number of halogens is 1. The van der Waals surface area contributed by atoms with E-state index in [2.05, 4.69) is 20.9 Å². The van der Waals surface area contributed by atoms with Crippen molar-refractivity contribution < 1.29 is 28.2 Å². The first-order valence-corrected chi connectivity index (χ1v) is 12.1. The van der Waals surface area contributed by atoms with Gasteiger partial charge < -0.3 is 20.1 Å². The summed E-state index contributed by atoms with van der Waals surface area (Å²) in [6, 6.07) is 9.36. The van der Waals surface area contributed by atoms with Crippen molar-refractivity contribution in [3.63, 3.8) is 0 Å². The van der Waals surface area contributed by atoms with Crippen LogP contribution in [0.1, 0.15) is 40.0 Å². The summed E-state index contributed by atoms with van der Waals surface area (Å²) in [5, 5.41) is 7.99. The van der Waals surface area contributed by atoms with Crippen molar-refractivity contribution in [2.75, 3.05) is 17.2 Å². The molecular formula is C28H31FN4O5. The third-order valence-electron chi connectivity index (χ3n) is 5.28. The Bertz CT molecular complexity index is 1250. The van der Waals surface area contributed by atoms with Crippen LogP contribution in [0.3, 0.4) is 0 Å². The van der Waals surface area contributed by atoms with E-state index in [0.717, 1.165) is 5.57 Å². The molecule has 3 rings (SSSR count). The largest absolute Gasteiger partial charge is 0.457 e. The number of ether oxygens (including phenoxy) is 2. The van der Waals surface area contributed by atoms with Crippen LogP contribution in [0.2, 0.25) is 0 Å². The second kappa shape index (κ2) is 13.2. The molecule has 10 heteroatoms. The van der Waals surface area contributed by atoms with E-state index in [1.807, 2.05) is 0 Å². The molecule has 200 valence electrons. The number of amides is 3. The Labute approximate surface area is 220 Å². The number of pyridine rings is 1. The Hall–Kier alpha value is -4.47. The Morgan fingerprint density at radius 3 is 2.53 bits per heavy atom. The van der Waals surface area contributed by atoms with E-state index in [9.17, 15) is 18.8 Å². The molecule has 3 amide bonds. The molecule has 1 aliphatic carbocycles. The Kier molecular flexibility index (Phi) is 9.75. The van der Waals surface area contributed by atoms with Crippen LogP contribution in [0, 0.1) is 0 Å². The second-order valence-corrected chi connectivity index (χ2v) is 9.16. The van der Waals surface area contributed by atoms with Crippen LogP contribution in [0.25, 0.3) is 0 Å². The molecule has 0 saturated heterocycles. The fraction of sp³-hybridized carbons (Fsp3) is 0.286. The van der Waals surface area contributed by atoms with Crippen molar-refractivity contribution in [3.05, 3.63) is 78.3 Å². The van der Waals surface area contributed by atoms with Gasteiger partial charge in [-0.25, -0.2) is 19.0 Å². The molecule has 1 aliphatic rings. The van der Waals surface area contributed by atoms with Crippen molar-refractivity contribution in [3.8, 4) is 11.5 Å². The summed E-state index contributed by atoms with van der Waals surface area (Å²) >= 11 is 0. The number of rotatable bonds is 10. The number of nitrogens with one attached hydrogen (secondary N) is 3. The standard InChI is InChI=1S/C28H31FN4O5/c1-4-5-26(35)38-28(2,3)18-31-24-17-23(14-15-30-24)37-22-12-10-21(11-13-22)32-27(36)33-25(34)16-19-6-8-20(29)9-7-19/h4-6,8,10-15,17H,7,9,16,18H2,1-3H3,(H,30,31)(H2,32,33,34,36)/b5-4+. The highest BCUT2D eigenvalue weighted by Crippen LogP contribution is 2.25. The molecule has 3 N–H and O–H groups in total. The van der Waals surface area contributed by atoms with E-state index in [4.69, 9.17) is 9.47 Å². The van der Waals surface area contributed by atoms with Gasteiger partial charge >= 0.3 is 12.0 Å². The minimum Gasteiger partial charge on any atom is -0.457 e. The number of aromatic nitrogens is 1. The molecule has 38 heavy (non-hydrogen) atoms. The number of hydrogen-bond donors (Lipinski definition) is 3. The van der Waals surface area contributed by atoms with E-state index in [0.29, 0.717) is 36.0 Å². The first kappa shape index (κ1) is 28.1. The van der Waals surface area contributed by atoms with E-state index in [-0.39, 0.29) is 18.7 Å². The van der Waals surface area contributed by atoms with Gasteiger partial charge in [-0.05, 0) is 63.6 Å². The summed E-state index contributed by atoms with van der Waals surface area (Å²) in [6.45, 7) is 5.67. The van der Waals surface area contributed by atoms with Crippen LogP contribution in [0.5, 0.6) is 11.5 Å². The number of urea groups is 1. The number of nitrogens with zero attached hydrogens (tertiary/aromatic N) is 1. The quantitative estimate of drug-likeness (QED) is 0.267. The predicted molar refractivity (Wildman–Crippen MR) is 143 cm³/mol. The van der Waals surface area contributed by atoms with E-state index < -0.39 is 23.5 Å². The number of benzene rings is 1. The van der Waals surface area contributed by atoms with Crippen LogP contribution < -0.4 is 20.7 Å². The number of carbonyl (C=O) groups is 3. The lowest BCUT2D eigenvalue weighted by Crippen LogP contribution is -2.35. The Morgan fingerprint density at radius 2 is 1.84 bits per heavy atom. The maximum absolute atomic E-state index is 13.1. The minimum atomic E-state index is -0.751. The monoisotopic (exact) mass is 522 g/mol. The molecule has 0 atom stereocenters. The zero-order valence-corrected chi connectivity index (χ0v) is 21.5. The average Bonchev–Trinajstić information content (AvgIpc) is 2.85. The van der Waals surface area contributed by atoms with Crippen LogP contribution in [-0.4, -0.2) is 35.0 Å². The zero-order valence-electron chi connectivity index (χ0n) is 21.5. The van der Waals surface area contributed by atoms with Crippen molar-refractivity contribution in [1.82, 2.24) is 10.3 Å². The number of allylic oxidation sites excluding steroid dienone is 4. The van der Waals surface area contributed by atoms with E-state index in [1.165, 1.54) is 12.2 Å². The molecule has 0 fully saturated rings. The predicted octanol–water partition coefficient (Wildman–Crippen LogP) is 5.80. The van der Waals surface area contributed by atoms with E-state index >= 15 is 0 Å². The number of anilines is 2. The molecule has 1 heterocycles. The molecule has 2 aromatic rings. The first-order valence-electron chi connectivity index (χ1n) is 12.1. The lowest BCUT2D eigenvalue weighted by Gasteiger charge is -2.25. The molecule has 0 bridgehead atoms. The highest BCUT2D eigenvalue weighted by molar-refractivity contribution is 6.01. The third kappa shape index (κ3) is 9.53. The number of esters is 1. The molecule has 0 spiro atoms. The molecule has 9 nitrogen and oxygen atoms in total. The number of hydrogen-bond acceptors (Lipinski definition) is 7. The van der Waals surface area contributed by atoms with Crippen molar-refractivity contribution in [2.24, 2.45) is 0 Å². The van der Waals surface area contributed by atoms with Crippen LogP contribution >= 0.6 is 0 Å². The van der Waals surface area contributed by atoms with Gasteiger partial charge in [-0.3, -0.25) is 10.1 Å². The Balaban J connectivity index is 1.48. The van der Waals surface area contributed by atoms with Gasteiger partial charge in [-0.15, -0.1) is 0 Å². The maximum Gasteiger partial charge on any atom is 0.331 e. The fourth-order valence-corrected chi connectivity index (χ4v) is 3.44. The topological polar surface area (TPSA) is 119 Å². The summed E-state index contributed by atoms with van der Waals surface area (Å²) in [5.41, 5.74) is 0.485. The maximum atomic E-state index is 13.1. The van der Waals surface area contributed by atoms with Crippen molar-refractivity contribution in [2.45, 2.75) is 45.6 Å². The highest BCUT2D eigenvalue weighted by Gasteiger charge is 2.22. The van der Waals surface area contributed by atoms with Gasteiger partial charge in [0, 0.05) is 36.9 Å². The van der Waals surface area contributed by atoms with Crippen molar-refractivity contribution in [1.29, 1.82) is 0 Å². The minimum absolute atomic E-state index is 0.0333. The summed E-state index contributed by atoms with van der Waals surface area (Å²) in [5.74, 6) is 0.494. The lowest BCUT2D eigenvalue weighted by molar-refractivity contribution is -0.148. The summed E-state index contributed by atoms with van der Waals surface area (Å²) < 4.78 is 24.3. The average molecular weight is 523 g/mol. The van der Waals surface area contributed by atoms with Crippen LogP contribution in [0.4, 0.5) is 20.7 Å². The van der Waals surface area contributed by atoms with E-state index in [1.54, 1.807) is 75.5 Å². The summed E-state index contributed by atoms with van der Waals surface area (Å²) in [6.07, 6.45) is 8.23. The zero-order chi connectivity index (χ0) is 27.5. The molecule has 0 unspecified atom stereocenters. The molecular weight excluding hydrogens is 491 g/mol. The van der Waals surface area contributed by atoms with Crippen LogP contribution in [-0.2, 0) is 14.3 Å². The molecule has 0 saturated carbocycles. The summed E-state index contributed by atoms with van der Waals surface area (Å²) in [4.78, 5) is 40.2. The second-order valence-electron chi connectivity index (χ2n) is 9.16. The fourth-order valence-electron chi connectivity index (χ4n) is 3.44. The summed E-state index contributed by atoms with van der Waals surface area (Å²) in [7, 11) is 0. The SMILES string of the molecule is C/C=C/C(=O)OC(C)(C)CNc1cc(Oc2ccc(NC(=O)NC(=O)CC3=CC=C(F)CC3)cc2)ccn1. The molecule has 0 aliphatic heterocycles. The molecule has 0 radical (unpaired) electrons. The normalized spacial score (nSPS) is 13.3. The molecule has 1 aromatic carbocycles. The van der Waals surface area contributed by atoms with Gasteiger partial charge in [-0.1, -0.05) is 17.7 Å².